The highest BCUT2D eigenvalue weighted by atomic mass is 32.2. The minimum absolute atomic E-state index is 0.0524. The number of ether oxygens (including phenoxy) is 1. The zero-order valence-electron chi connectivity index (χ0n) is 20.9. The van der Waals surface area contributed by atoms with Crippen LogP contribution in [0.25, 0.3) is 16.8 Å². The molecule has 0 N–H and O–H groups in total. The van der Waals surface area contributed by atoms with Crippen LogP contribution in [0.4, 0.5) is 10.5 Å². The lowest BCUT2D eigenvalue weighted by Crippen LogP contribution is -2.51. The number of fused-ring (bicyclic) bond motifs is 1. The van der Waals surface area contributed by atoms with Crippen LogP contribution in [0.2, 0.25) is 0 Å². The number of thioether (sulfide) groups is 1. The van der Waals surface area contributed by atoms with Gasteiger partial charge in [0, 0.05) is 37.4 Å². The molecule has 2 fully saturated rings. The fraction of sp³-hybridized carbons (Fsp3) is 0.276. The summed E-state index contributed by atoms with van der Waals surface area (Å²) >= 11 is 0.863. The lowest BCUT2D eigenvalue weighted by atomic mass is 10.0. The largest absolute Gasteiger partial charge is 0.490 e. The smallest absolute Gasteiger partial charge is 0.294 e. The topological polar surface area (TPSA) is 70.2 Å². The average molecular weight is 516 g/mol. The Hall–Kier alpha value is -3.78. The summed E-state index contributed by atoms with van der Waals surface area (Å²) in [4.78, 5) is 44.3. The van der Waals surface area contributed by atoms with E-state index in [1.54, 1.807) is 11.0 Å². The summed E-state index contributed by atoms with van der Waals surface area (Å²) in [6.45, 7) is 6.14. The van der Waals surface area contributed by atoms with Gasteiger partial charge in [-0.3, -0.25) is 19.3 Å². The zero-order chi connectivity index (χ0) is 25.9. The van der Waals surface area contributed by atoms with E-state index in [0.717, 1.165) is 38.7 Å². The first-order valence-electron chi connectivity index (χ1n) is 12.4. The molecule has 0 unspecified atom stereocenters. The number of hydrogen-bond acceptors (Lipinski definition) is 6. The molecule has 37 heavy (non-hydrogen) atoms. The maximum atomic E-state index is 13.2. The fourth-order valence-electron chi connectivity index (χ4n) is 4.64. The number of carbonyl (C=O) groups is 3. The SMILES string of the molecule is CC(C)Oc1ccc2ccccc2c1/C=C1/SC(=O)N(CC(=O)N2CCN(c3ccccc3)CC2)C1=O. The van der Waals surface area contributed by atoms with Gasteiger partial charge in [0.2, 0.25) is 5.91 Å². The minimum atomic E-state index is -0.449. The molecule has 2 aliphatic rings. The third-order valence-electron chi connectivity index (χ3n) is 6.49. The van der Waals surface area contributed by atoms with Gasteiger partial charge >= 0.3 is 0 Å². The molecule has 3 amide bonds. The van der Waals surface area contributed by atoms with Crippen molar-refractivity contribution in [2.24, 2.45) is 0 Å². The molecule has 5 rings (SSSR count). The number of imide groups is 1. The molecule has 2 saturated heterocycles. The van der Waals surface area contributed by atoms with Gasteiger partial charge in [0.25, 0.3) is 11.1 Å². The Morgan fingerprint density at radius 3 is 2.38 bits per heavy atom. The molecule has 2 heterocycles. The Morgan fingerprint density at radius 2 is 1.65 bits per heavy atom. The summed E-state index contributed by atoms with van der Waals surface area (Å²) in [7, 11) is 0. The number of para-hydroxylation sites is 1. The van der Waals surface area contributed by atoms with E-state index in [4.69, 9.17) is 4.74 Å². The average Bonchev–Trinajstić information content (AvgIpc) is 3.17. The van der Waals surface area contributed by atoms with Crippen molar-refractivity contribution in [1.29, 1.82) is 0 Å². The first-order valence-corrected chi connectivity index (χ1v) is 13.2. The van der Waals surface area contributed by atoms with Crippen molar-refractivity contribution in [3.63, 3.8) is 0 Å². The standard InChI is InChI=1S/C29H29N3O4S/c1-20(2)36-25-13-12-21-8-6-7-11-23(21)24(25)18-26-28(34)32(29(35)37-26)19-27(33)31-16-14-30(15-17-31)22-9-4-3-5-10-22/h3-13,18,20H,14-17,19H2,1-2H3/b26-18+. The highest BCUT2D eigenvalue weighted by Gasteiger charge is 2.37. The number of anilines is 1. The molecule has 0 radical (unpaired) electrons. The summed E-state index contributed by atoms with van der Waals surface area (Å²) in [6, 6.07) is 21.8. The molecule has 3 aromatic rings. The second-order valence-electron chi connectivity index (χ2n) is 9.34. The molecule has 7 nitrogen and oxygen atoms in total. The number of benzene rings is 3. The molecule has 0 spiro atoms. The van der Waals surface area contributed by atoms with Crippen LogP contribution in [-0.2, 0) is 9.59 Å². The number of hydrogen-bond donors (Lipinski definition) is 0. The van der Waals surface area contributed by atoms with Gasteiger partial charge in [0.05, 0.1) is 11.0 Å². The third kappa shape index (κ3) is 5.34. The summed E-state index contributed by atoms with van der Waals surface area (Å²) in [6.07, 6.45) is 1.66. The maximum absolute atomic E-state index is 13.2. The molecule has 0 saturated carbocycles. The number of nitrogens with zero attached hydrogens (tertiary/aromatic N) is 3. The number of piperazine rings is 1. The molecular weight excluding hydrogens is 486 g/mol. The second-order valence-corrected chi connectivity index (χ2v) is 10.3. The Labute approximate surface area is 220 Å². The van der Waals surface area contributed by atoms with Gasteiger partial charge in [0.1, 0.15) is 12.3 Å². The van der Waals surface area contributed by atoms with Gasteiger partial charge in [-0.2, -0.15) is 0 Å². The highest BCUT2D eigenvalue weighted by Crippen LogP contribution is 2.37. The normalized spacial score (nSPS) is 17.4. The van der Waals surface area contributed by atoms with E-state index in [0.29, 0.717) is 31.9 Å². The van der Waals surface area contributed by atoms with E-state index >= 15 is 0 Å². The van der Waals surface area contributed by atoms with Crippen molar-refractivity contribution < 1.29 is 19.1 Å². The van der Waals surface area contributed by atoms with E-state index in [2.05, 4.69) is 17.0 Å². The van der Waals surface area contributed by atoms with E-state index in [-0.39, 0.29) is 23.5 Å². The van der Waals surface area contributed by atoms with Crippen molar-refractivity contribution in [2.75, 3.05) is 37.6 Å². The van der Waals surface area contributed by atoms with E-state index in [1.807, 2.05) is 68.4 Å². The van der Waals surface area contributed by atoms with Crippen LogP contribution >= 0.6 is 11.8 Å². The predicted octanol–water partition coefficient (Wildman–Crippen LogP) is 5.01. The zero-order valence-corrected chi connectivity index (χ0v) is 21.7. The predicted molar refractivity (Wildman–Crippen MR) is 148 cm³/mol. The van der Waals surface area contributed by atoms with Crippen LogP contribution < -0.4 is 9.64 Å². The van der Waals surface area contributed by atoms with Crippen molar-refractivity contribution in [3.05, 3.63) is 77.2 Å². The number of rotatable bonds is 6. The number of carbonyl (C=O) groups excluding carboxylic acids is 3. The quantitative estimate of drug-likeness (QED) is 0.430. The molecular formula is C29H29N3O4S. The third-order valence-corrected chi connectivity index (χ3v) is 7.40. The summed E-state index contributed by atoms with van der Waals surface area (Å²) < 4.78 is 6.01. The molecule has 0 aromatic heterocycles. The summed E-state index contributed by atoms with van der Waals surface area (Å²) in [5, 5.41) is 1.51. The van der Waals surface area contributed by atoms with Crippen molar-refractivity contribution in [2.45, 2.75) is 20.0 Å². The fourth-order valence-corrected chi connectivity index (χ4v) is 5.46. The Bertz CT molecular complexity index is 1360. The van der Waals surface area contributed by atoms with Crippen LogP contribution in [0, 0.1) is 0 Å². The van der Waals surface area contributed by atoms with Gasteiger partial charge in [-0.15, -0.1) is 0 Å². The van der Waals surface area contributed by atoms with Gasteiger partial charge in [0.15, 0.2) is 0 Å². The first-order chi connectivity index (χ1) is 17.9. The Balaban J connectivity index is 1.31. The molecule has 8 heteroatoms. The molecule has 0 bridgehead atoms. The monoisotopic (exact) mass is 515 g/mol. The Morgan fingerprint density at radius 1 is 0.946 bits per heavy atom. The highest BCUT2D eigenvalue weighted by molar-refractivity contribution is 8.18. The van der Waals surface area contributed by atoms with Crippen LogP contribution in [0.1, 0.15) is 19.4 Å². The van der Waals surface area contributed by atoms with E-state index in [1.165, 1.54) is 0 Å². The molecule has 2 aliphatic heterocycles. The van der Waals surface area contributed by atoms with Crippen LogP contribution in [0.3, 0.4) is 0 Å². The lowest BCUT2D eigenvalue weighted by Gasteiger charge is -2.36. The lowest BCUT2D eigenvalue weighted by molar-refractivity contribution is -0.136. The van der Waals surface area contributed by atoms with Gasteiger partial charge in [-0.05, 0) is 60.7 Å². The van der Waals surface area contributed by atoms with E-state index in [9.17, 15) is 14.4 Å². The molecule has 3 aromatic carbocycles. The maximum Gasteiger partial charge on any atom is 0.294 e. The van der Waals surface area contributed by atoms with E-state index < -0.39 is 11.1 Å². The van der Waals surface area contributed by atoms with Gasteiger partial charge in [-0.1, -0.05) is 48.5 Å². The Kier molecular flexibility index (Phi) is 7.19. The van der Waals surface area contributed by atoms with Crippen molar-refractivity contribution >= 4 is 51.4 Å². The molecule has 190 valence electrons. The van der Waals surface area contributed by atoms with Crippen molar-refractivity contribution in [3.8, 4) is 5.75 Å². The second kappa shape index (κ2) is 10.7. The van der Waals surface area contributed by atoms with Crippen molar-refractivity contribution in [1.82, 2.24) is 9.80 Å². The first kappa shape index (κ1) is 24.9. The van der Waals surface area contributed by atoms with Gasteiger partial charge in [-0.25, -0.2) is 0 Å². The summed E-state index contributed by atoms with van der Waals surface area (Å²) in [5.74, 6) is -0.0205. The molecule has 0 atom stereocenters. The molecule has 0 aliphatic carbocycles. The van der Waals surface area contributed by atoms with Gasteiger partial charge < -0.3 is 14.5 Å². The summed E-state index contributed by atoms with van der Waals surface area (Å²) in [5.41, 5.74) is 1.88. The number of amides is 3. The van der Waals surface area contributed by atoms with Crippen LogP contribution in [-0.4, -0.2) is 65.7 Å². The van der Waals surface area contributed by atoms with Crippen LogP contribution in [0.5, 0.6) is 5.75 Å². The minimum Gasteiger partial charge on any atom is -0.490 e. The van der Waals surface area contributed by atoms with Crippen LogP contribution in [0.15, 0.2) is 71.6 Å².